The van der Waals surface area contributed by atoms with Crippen molar-refractivity contribution < 1.29 is 13.2 Å². The van der Waals surface area contributed by atoms with Gasteiger partial charge in [0, 0.05) is 7.05 Å². The van der Waals surface area contributed by atoms with E-state index >= 15 is 0 Å². The molecule has 0 aliphatic rings. The van der Waals surface area contributed by atoms with Crippen molar-refractivity contribution in [2.24, 2.45) is 7.05 Å². The van der Waals surface area contributed by atoms with Gasteiger partial charge in [-0.15, -0.1) is 0 Å². The van der Waals surface area contributed by atoms with Gasteiger partial charge in [0.2, 0.25) is 0 Å². The number of aryl methyl sites for hydroxylation is 1. The lowest BCUT2D eigenvalue weighted by Gasteiger charge is -2.23. The quantitative estimate of drug-likeness (QED) is 0.634. The molecule has 0 fully saturated rings. The predicted octanol–water partition coefficient (Wildman–Crippen LogP) is 4.24. The lowest BCUT2D eigenvalue weighted by atomic mass is 10.3. The number of aromatic nitrogens is 2. The maximum absolute atomic E-state index is 13.0. The second-order valence-corrected chi connectivity index (χ2v) is 9.89. The summed E-state index contributed by atoms with van der Waals surface area (Å²) in [5.74, 6) is 0. The second-order valence-electron chi connectivity index (χ2n) is 6.16. The maximum atomic E-state index is 13.0. The largest absolute Gasteiger partial charge is 0.435 e. The number of benzene rings is 2. The highest BCUT2D eigenvalue weighted by atomic mass is 31.2. The monoisotopic (exact) mass is 363 g/mol. The van der Waals surface area contributed by atoms with Crippen LogP contribution in [0.1, 0.15) is 11.4 Å². The highest BCUT2D eigenvalue weighted by Crippen LogP contribution is 2.55. The van der Waals surface area contributed by atoms with Crippen LogP contribution in [0.3, 0.4) is 0 Å². The van der Waals surface area contributed by atoms with Gasteiger partial charge in [0.25, 0.3) is 0 Å². The van der Waals surface area contributed by atoms with Crippen molar-refractivity contribution in [2.45, 2.75) is 12.3 Å². The van der Waals surface area contributed by atoms with E-state index in [1.54, 1.807) is 7.05 Å². The van der Waals surface area contributed by atoms with Gasteiger partial charge in [-0.1, -0.05) is 36.4 Å². The van der Waals surface area contributed by atoms with Crippen LogP contribution in [-0.2, 0) is 19.4 Å². The minimum Gasteiger partial charge on any atom is -0.268 e. The third-order valence-corrected chi connectivity index (χ3v) is 8.23. The summed E-state index contributed by atoms with van der Waals surface area (Å²) in [6.07, 6.45) is -3.90. The van der Waals surface area contributed by atoms with E-state index in [-0.39, 0.29) is 0 Å². The molecule has 0 aliphatic carbocycles. The van der Waals surface area contributed by atoms with E-state index in [2.05, 4.69) is 36.0 Å². The van der Waals surface area contributed by atoms with Crippen molar-refractivity contribution in [3.63, 3.8) is 0 Å². The SMILES string of the molecule is Cn1nc(C(F)(F)F)cc1C[P+](C)(c1ccccc1)c1ccccc1. The van der Waals surface area contributed by atoms with E-state index in [0.29, 0.717) is 11.9 Å². The summed E-state index contributed by atoms with van der Waals surface area (Å²) in [6.45, 7) is 2.16. The molecule has 130 valence electrons. The number of nitrogens with zero attached hydrogens (tertiary/aromatic N) is 2. The third-order valence-electron chi connectivity index (χ3n) is 4.40. The highest BCUT2D eigenvalue weighted by molar-refractivity contribution is 7.88. The van der Waals surface area contributed by atoms with Crippen molar-refractivity contribution in [3.05, 3.63) is 78.1 Å². The normalized spacial score (nSPS) is 12.4. The Hall–Kier alpha value is -2.13. The van der Waals surface area contributed by atoms with Crippen molar-refractivity contribution >= 4 is 17.9 Å². The lowest BCUT2D eigenvalue weighted by Crippen LogP contribution is -2.23. The van der Waals surface area contributed by atoms with Crippen LogP contribution in [-0.4, -0.2) is 16.4 Å². The van der Waals surface area contributed by atoms with Crippen LogP contribution >= 0.6 is 7.26 Å². The molecule has 0 amide bonds. The van der Waals surface area contributed by atoms with Crippen molar-refractivity contribution in [3.8, 4) is 0 Å². The van der Waals surface area contributed by atoms with Gasteiger partial charge in [-0.25, -0.2) is 0 Å². The molecule has 3 rings (SSSR count). The van der Waals surface area contributed by atoms with E-state index in [1.807, 2.05) is 36.4 Å². The zero-order valence-electron chi connectivity index (χ0n) is 14.0. The molecule has 0 N–H and O–H groups in total. The Morgan fingerprint density at radius 3 is 1.80 bits per heavy atom. The Balaban J connectivity index is 2.07. The van der Waals surface area contributed by atoms with Crippen LogP contribution in [0.15, 0.2) is 66.7 Å². The number of alkyl halides is 3. The fourth-order valence-electron chi connectivity index (χ4n) is 2.96. The zero-order chi connectivity index (χ0) is 18.1. The molecule has 2 aromatic carbocycles. The molecule has 0 bridgehead atoms. The number of rotatable bonds is 4. The van der Waals surface area contributed by atoms with Gasteiger partial charge in [0.15, 0.2) is 5.69 Å². The Morgan fingerprint density at radius 2 is 1.40 bits per heavy atom. The molecule has 0 unspecified atom stereocenters. The Bertz CT molecular complexity index is 803. The van der Waals surface area contributed by atoms with Gasteiger partial charge in [0.05, 0.1) is 30.2 Å². The van der Waals surface area contributed by atoms with Crippen molar-refractivity contribution in [1.82, 2.24) is 9.78 Å². The number of hydrogen-bond acceptors (Lipinski definition) is 1. The first kappa shape index (κ1) is 17.7. The second kappa shape index (κ2) is 6.64. The van der Waals surface area contributed by atoms with Crippen LogP contribution in [0.2, 0.25) is 0 Å². The first-order valence-electron chi connectivity index (χ1n) is 7.87. The van der Waals surface area contributed by atoms with Crippen LogP contribution in [0.4, 0.5) is 13.2 Å². The van der Waals surface area contributed by atoms with Gasteiger partial charge in [-0.3, -0.25) is 4.68 Å². The average molecular weight is 363 g/mol. The third kappa shape index (κ3) is 3.62. The summed E-state index contributed by atoms with van der Waals surface area (Å²) >= 11 is 0. The van der Waals surface area contributed by atoms with Gasteiger partial charge in [0.1, 0.15) is 6.16 Å². The molecular weight excluding hydrogens is 344 g/mol. The molecular formula is C19H19F3N2P+. The summed E-state index contributed by atoms with van der Waals surface area (Å²) in [4.78, 5) is 0. The molecule has 0 aliphatic heterocycles. The van der Waals surface area contributed by atoms with Gasteiger partial charge in [-0.2, -0.15) is 18.3 Å². The van der Waals surface area contributed by atoms with E-state index < -0.39 is 19.1 Å². The van der Waals surface area contributed by atoms with Crippen LogP contribution in [0, 0.1) is 0 Å². The molecule has 1 aromatic heterocycles. The minimum absolute atomic E-state index is 0.528. The molecule has 0 spiro atoms. The number of halogens is 3. The molecule has 0 radical (unpaired) electrons. The Kier molecular flexibility index (Phi) is 4.70. The molecule has 0 atom stereocenters. The maximum Gasteiger partial charge on any atom is 0.435 e. The highest BCUT2D eigenvalue weighted by Gasteiger charge is 2.40. The average Bonchev–Trinajstić information content (AvgIpc) is 2.97. The Labute approximate surface area is 145 Å². The zero-order valence-corrected chi connectivity index (χ0v) is 14.9. The van der Waals surface area contributed by atoms with Crippen LogP contribution in [0.25, 0.3) is 0 Å². The molecule has 3 aromatic rings. The topological polar surface area (TPSA) is 17.8 Å². The smallest absolute Gasteiger partial charge is 0.268 e. The summed E-state index contributed by atoms with van der Waals surface area (Å²) < 4.78 is 40.3. The fourth-order valence-corrected chi connectivity index (χ4v) is 6.23. The standard InChI is InChI=1S/C19H19F3N2P/c1-24-15(13-18(23-24)19(20,21)22)14-25(2,16-9-5-3-6-10-16)17-11-7-4-8-12-17/h3-13H,14H2,1-2H3/q+1. The van der Waals surface area contributed by atoms with E-state index in [9.17, 15) is 13.2 Å². The first-order chi connectivity index (χ1) is 11.8. The molecule has 25 heavy (non-hydrogen) atoms. The van der Waals surface area contributed by atoms with Crippen LogP contribution in [0.5, 0.6) is 0 Å². The summed E-state index contributed by atoms with van der Waals surface area (Å²) in [5.41, 5.74) is -0.242. The first-order valence-corrected chi connectivity index (χ1v) is 10.3. The van der Waals surface area contributed by atoms with E-state index in [4.69, 9.17) is 0 Å². The van der Waals surface area contributed by atoms with Gasteiger partial charge < -0.3 is 0 Å². The molecule has 6 heteroatoms. The van der Waals surface area contributed by atoms with Crippen LogP contribution < -0.4 is 10.6 Å². The molecule has 1 heterocycles. The molecule has 0 saturated carbocycles. The summed E-state index contributed by atoms with van der Waals surface area (Å²) in [7, 11) is -0.316. The van der Waals surface area contributed by atoms with E-state index in [1.165, 1.54) is 10.7 Å². The Morgan fingerprint density at radius 1 is 0.920 bits per heavy atom. The fraction of sp³-hybridized carbons (Fsp3) is 0.211. The van der Waals surface area contributed by atoms with E-state index in [0.717, 1.165) is 10.6 Å². The predicted molar refractivity (Wildman–Crippen MR) is 96.9 cm³/mol. The lowest BCUT2D eigenvalue weighted by molar-refractivity contribution is -0.141. The molecule has 0 saturated heterocycles. The van der Waals surface area contributed by atoms with Crippen molar-refractivity contribution in [2.75, 3.05) is 6.66 Å². The minimum atomic E-state index is -4.43. The molecule has 2 nitrogen and oxygen atoms in total. The van der Waals surface area contributed by atoms with Gasteiger partial charge in [-0.05, 0) is 30.3 Å². The van der Waals surface area contributed by atoms with Gasteiger partial charge >= 0.3 is 6.18 Å². The number of hydrogen-bond donors (Lipinski definition) is 0. The van der Waals surface area contributed by atoms with Crippen molar-refractivity contribution in [1.29, 1.82) is 0 Å². The summed E-state index contributed by atoms with van der Waals surface area (Å²) in [5, 5.41) is 5.99. The summed E-state index contributed by atoms with van der Waals surface area (Å²) in [6, 6.07) is 21.2.